The van der Waals surface area contributed by atoms with Crippen LogP contribution in [0.4, 0.5) is 0 Å². The first-order chi connectivity index (χ1) is 7.75. The SMILES string of the molecule is CC(N)c1cccc(OC2CCCCC2)c1. The van der Waals surface area contributed by atoms with Crippen LogP contribution >= 0.6 is 0 Å². The maximum atomic E-state index is 5.99. The normalized spacial score (nSPS) is 19.4. The molecule has 2 nitrogen and oxygen atoms in total. The van der Waals surface area contributed by atoms with Crippen molar-refractivity contribution in [3.8, 4) is 5.75 Å². The molecule has 88 valence electrons. The monoisotopic (exact) mass is 219 g/mol. The highest BCUT2D eigenvalue weighted by Crippen LogP contribution is 2.24. The average Bonchev–Trinajstić information content (AvgIpc) is 2.30. The molecule has 1 atom stereocenters. The molecule has 0 aliphatic heterocycles. The van der Waals surface area contributed by atoms with Crippen molar-refractivity contribution < 1.29 is 4.74 Å². The van der Waals surface area contributed by atoms with Gasteiger partial charge in [0.05, 0.1) is 6.10 Å². The Hall–Kier alpha value is -1.02. The highest BCUT2D eigenvalue weighted by molar-refractivity contribution is 5.30. The fraction of sp³-hybridized carbons (Fsp3) is 0.571. The highest BCUT2D eigenvalue weighted by Gasteiger charge is 2.14. The Bertz CT molecular complexity index is 329. The summed E-state index contributed by atoms with van der Waals surface area (Å²) in [6.45, 7) is 2.00. The molecule has 0 spiro atoms. The lowest BCUT2D eigenvalue weighted by Crippen LogP contribution is -2.19. The summed E-state index contributed by atoms with van der Waals surface area (Å²) in [7, 11) is 0. The van der Waals surface area contributed by atoms with Gasteiger partial charge >= 0.3 is 0 Å². The Labute approximate surface area is 97.8 Å². The van der Waals surface area contributed by atoms with Crippen molar-refractivity contribution in [2.75, 3.05) is 0 Å². The Morgan fingerprint density at radius 2 is 2.00 bits per heavy atom. The highest BCUT2D eigenvalue weighted by atomic mass is 16.5. The van der Waals surface area contributed by atoms with Crippen molar-refractivity contribution >= 4 is 0 Å². The van der Waals surface area contributed by atoms with Gasteiger partial charge in [-0.15, -0.1) is 0 Å². The van der Waals surface area contributed by atoms with E-state index in [1.807, 2.05) is 19.1 Å². The Morgan fingerprint density at radius 1 is 1.25 bits per heavy atom. The zero-order chi connectivity index (χ0) is 11.4. The van der Waals surface area contributed by atoms with Crippen LogP contribution in [-0.4, -0.2) is 6.10 Å². The molecule has 1 unspecified atom stereocenters. The molecule has 1 fully saturated rings. The maximum Gasteiger partial charge on any atom is 0.120 e. The zero-order valence-corrected chi connectivity index (χ0v) is 9.99. The fourth-order valence-corrected chi connectivity index (χ4v) is 2.25. The first kappa shape index (κ1) is 11.5. The molecule has 1 aromatic carbocycles. The van der Waals surface area contributed by atoms with Crippen molar-refractivity contribution in [3.63, 3.8) is 0 Å². The van der Waals surface area contributed by atoms with Crippen LogP contribution in [0.15, 0.2) is 24.3 Å². The van der Waals surface area contributed by atoms with E-state index in [4.69, 9.17) is 10.5 Å². The zero-order valence-electron chi connectivity index (χ0n) is 9.99. The second-order valence-corrected chi connectivity index (χ2v) is 4.74. The summed E-state index contributed by atoms with van der Waals surface area (Å²) in [5.74, 6) is 0.974. The molecule has 1 aliphatic carbocycles. The van der Waals surface area contributed by atoms with Gasteiger partial charge in [-0.25, -0.2) is 0 Å². The second kappa shape index (κ2) is 5.35. The summed E-state index contributed by atoms with van der Waals surface area (Å²) in [5.41, 5.74) is 7.01. The van der Waals surface area contributed by atoms with Crippen molar-refractivity contribution in [1.82, 2.24) is 0 Å². The molecule has 1 aliphatic rings. The first-order valence-corrected chi connectivity index (χ1v) is 6.28. The molecule has 0 radical (unpaired) electrons. The van der Waals surface area contributed by atoms with Crippen LogP contribution in [-0.2, 0) is 0 Å². The third kappa shape index (κ3) is 2.99. The van der Waals surface area contributed by atoms with Crippen molar-refractivity contribution in [2.45, 2.75) is 51.2 Å². The molecule has 0 amide bonds. The van der Waals surface area contributed by atoms with Crippen molar-refractivity contribution in [3.05, 3.63) is 29.8 Å². The number of rotatable bonds is 3. The van der Waals surface area contributed by atoms with E-state index in [1.54, 1.807) is 0 Å². The van der Waals surface area contributed by atoms with Crippen LogP contribution in [0.25, 0.3) is 0 Å². The van der Waals surface area contributed by atoms with Crippen molar-refractivity contribution in [1.29, 1.82) is 0 Å². The molecular formula is C14H21NO. The summed E-state index contributed by atoms with van der Waals surface area (Å²) < 4.78 is 5.99. The average molecular weight is 219 g/mol. The topological polar surface area (TPSA) is 35.2 Å². The fourth-order valence-electron chi connectivity index (χ4n) is 2.25. The van der Waals surface area contributed by atoms with Crippen LogP contribution in [0, 0.1) is 0 Å². The van der Waals surface area contributed by atoms with E-state index in [9.17, 15) is 0 Å². The number of hydrogen-bond donors (Lipinski definition) is 1. The van der Waals surface area contributed by atoms with Gasteiger partial charge in [-0.2, -0.15) is 0 Å². The Kier molecular flexibility index (Phi) is 3.83. The first-order valence-electron chi connectivity index (χ1n) is 6.28. The molecule has 0 aromatic heterocycles. The minimum Gasteiger partial charge on any atom is -0.490 e. The lowest BCUT2D eigenvalue weighted by Gasteiger charge is -2.23. The summed E-state index contributed by atoms with van der Waals surface area (Å²) in [5, 5.41) is 0. The van der Waals surface area contributed by atoms with E-state index >= 15 is 0 Å². The predicted octanol–water partition coefficient (Wildman–Crippen LogP) is 3.42. The summed E-state index contributed by atoms with van der Waals surface area (Å²) in [6.07, 6.45) is 6.77. The van der Waals surface area contributed by atoms with Crippen LogP contribution in [0.5, 0.6) is 5.75 Å². The molecule has 1 saturated carbocycles. The van der Waals surface area contributed by atoms with Crippen LogP contribution in [0.3, 0.4) is 0 Å². The van der Waals surface area contributed by atoms with Gasteiger partial charge in [-0.3, -0.25) is 0 Å². The third-order valence-corrected chi connectivity index (χ3v) is 3.24. The molecule has 0 heterocycles. The summed E-state index contributed by atoms with van der Waals surface area (Å²) >= 11 is 0. The second-order valence-electron chi connectivity index (χ2n) is 4.74. The number of benzene rings is 1. The van der Waals surface area contributed by atoms with Gasteiger partial charge in [0.2, 0.25) is 0 Å². The van der Waals surface area contributed by atoms with Crippen LogP contribution in [0.2, 0.25) is 0 Å². The van der Waals surface area contributed by atoms with Gasteiger partial charge in [0.1, 0.15) is 5.75 Å². The number of hydrogen-bond acceptors (Lipinski definition) is 2. The van der Waals surface area contributed by atoms with Gasteiger partial charge < -0.3 is 10.5 Å². The molecule has 0 bridgehead atoms. The van der Waals surface area contributed by atoms with Gasteiger partial charge in [-0.05, 0) is 50.3 Å². The Morgan fingerprint density at radius 3 is 2.69 bits per heavy atom. The van der Waals surface area contributed by atoms with Gasteiger partial charge in [-0.1, -0.05) is 18.6 Å². The largest absolute Gasteiger partial charge is 0.490 e. The van der Waals surface area contributed by atoms with E-state index in [0.717, 1.165) is 11.3 Å². The van der Waals surface area contributed by atoms with Crippen LogP contribution in [0.1, 0.15) is 50.6 Å². The summed E-state index contributed by atoms with van der Waals surface area (Å²) in [4.78, 5) is 0. The summed E-state index contributed by atoms with van der Waals surface area (Å²) in [6, 6.07) is 8.25. The van der Waals surface area contributed by atoms with Crippen LogP contribution < -0.4 is 10.5 Å². The Balaban J connectivity index is 2.00. The molecule has 1 aromatic rings. The van der Waals surface area contributed by atoms with Gasteiger partial charge in [0, 0.05) is 6.04 Å². The molecule has 0 saturated heterocycles. The smallest absolute Gasteiger partial charge is 0.120 e. The van der Waals surface area contributed by atoms with E-state index in [1.165, 1.54) is 32.1 Å². The lowest BCUT2D eigenvalue weighted by atomic mass is 9.98. The molecule has 2 rings (SSSR count). The minimum atomic E-state index is 0.0786. The maximum absolute atomic E-state index is 5.99. The number of ether oxygens (including phenoxy) is 1. The number of nitrogens with two attached hydrogens (primary N) is 1. The van der Waals surface area contributed by atoms with E-state index in [2.05, 4.69) is 12.1 Å². The molecular weight excluding hydrogens is 198 g/mol. The molecule has 2 N–H and O–H groups in total. The van der Waals surface area contributed by atoms with E-state index < -0.39 is 0 Å². The standard InChI is InChI=1S/C14H21NO/c1-11(15)12-6-5-9-14(10-12)16-13-7-3-2-4-8-13/h5-6,9-11,13H,2-4,7-8,15H2,1H3. The third-order valence-electron chi connectivity index (χ3n) is 3.24. The van der Waals surface area contributed by atoms with E-state index in [0.29, 0.717) is 6.10 Å². The van der Waals surface area contributed by atoms with Gasteiger partial charge in [0.15, 0.2) is 0 Å². The molecule has 16 heavy (non-hydrogen) atoms. The van der Waals surface area contributed by atoms with Gasteiger partial charge in [0.25, 0.3) is 0 Å². The minimum absolute atomic E-state index is 0.0786. The predicted molar refractivity (Wildman–Crippen MR) is 66.5 cm³/mol. The van der Waals surface area contributed by atoms with Crippen molar-refractivity contribution in [2.24, 2.45) is 5.73 Å². The lowest BCUT2D eigenvalue weighted by molar-refractivity contribution is 0.155. The van der Waals surface area contributed by atoms with E-state index in [-0.39, 0.29) is 6.04 Å². The quantitative estimate of drug-likeness (QED) is 0.845. The molecule has 2 heteroatoms.